The lowest BCUT2D eigenvalue weighted by molar-refractivity contribution is 0.399. The van der Waals surface area contributed by atoms with Crippen LogP contribution >= 0.6 is 11.3 Å². The van der Waals surface area contributed by atoms with E-state index in [1.54, 1.807) is 11.3 Å². The van der Waals surface area contributed by atoms with Gasteiger partial charge in [0, 0.05) is 6.04 Å². The van der Waals surface area contributed by atoms with E-state index >= 15 is 0 Å². The summed E-state index contributed by atoms with van der Waals surface area (Å²) in [7, 11) is 1.17. The highest BCUT2D eigenvalue weighted by Gasteiger charge is 2.29. The van der Waals surface area contributed by atoms with Crippen LogP contribution in [0.25, 0.3) is 0 Å². The van der Waals surface area contributed by atoms with Crippen molar-refractivity contribution in [1.29, 1.82) is 0 Å². The van der Waals surface area contributed by atoms with Gasteiger partial charge in [-0.3, -0.25) is 4.21 Å². The molecule has 4 heteroatoms. The minimum absolute atomic E-state index is 0.308. The molecule has 15 heavy (non-hydrogen) atoms. The summed E-state index contributed by atoms with van der Waals surface area (Å²) in [5.74, 6) is 0. The fraction of sp³-hybridized carbons (Fsp3) is 0.636. The average Bonchev–Trinajstić information content (AvgIpc) is 2.81. The lowest BCUT2D eigenvalue weighted by Crippen LogP contribution is -2.42. The van der Waals surface area contributed by atoms with Crippen LogP contribution < -0.4 is 5.32 Å². The Hall–Kier alpha value is -0.190. The van der Waals surface area contributed by atoms with Gasteiger partial charge in [0.25, 0.3) is 0 Å². The van der Waals surface area contributed by atoms with Crippen molar-refractivity contribution in [3.63, 3.8) is 0 Å². The first kappa shape index (κ1) is 11.3. The molecule has 0 radical (unpaired) electrons. The quantitative estimate of drug-likeness (QED) is 0.883. The van der Waals surface area contributed by atoms with Crippen LogP contribution in [0, 0.1) is 0 Å². The predicted molar refractivity (Wildman–Crippen MR) is 65.8 cm³/mol. The molecule has 2 nitrogen and oxygen atoms in total. The number of hydrogen-bond acceptors (Lipinski definition) is 3. The Kier molecular flexibility index (Phi) is 3.94. The Morgan fingerprint density at radius 3 is 2.93 bits per heavy atom. The second-order valence-electron chi connectivity index (χ2n) is 3.95. The molecule has 84 valence electrons. The van der Waals surface area contributed by atoms with Gasteiger partial charge in [0.2, 0.25) is 0 Å². The van der Waals surface area contributed by atoms with Gasteiger partial charge >= 0.3 is 0 Å². The SMILES string of the molecule is CNC1CCCCC1S(=O)c1cccs1. The van der Waals surface area contributed by atoms with E-state index in [2.05, 4.69) is 5.32 Å². The lowest BCUT2D eigenvalue weighted by Gasteiger charge is -2.30. The van der Waals surface area contributed by atoms with Crippen LogP contribution in [0.2, 0.25) is 0 Å². The van der Waals surface area contributed by atoms with Gasteiger partial charge in [-0.25, -0.2) is 0 Å². The third-order valence-electron chi connectivity index (χ3n) is 3.04. The van der Waals surface area contributed by atoms with Crippen molar-refractivity contribution in [3.05, 3.63) is 17.5 Å². The summed E-state index contributed by atoms with van der Waals surface area (Å²) in [6, 6.07) is 4.40. The molecular formula is C11H17NOS2. The molecule has 1 heterocycles. The Labute approximate surface area is 97.5 Å². The Morgan fingerprint density at radius 1 is 1.47 bits per heavy atom. The van der Waals surface area contributed by atoms with Crippen LogP contribution in [0.4, 0.5) is 0 Å². The van der Waals surface area contributed by atoms with Gasteiger partial charge < -0.3 is 5.32 Å². The maximum absolute atomic E-state index is 12.3. The third-order valence-corrected chi connectivity index (χ3v) is 6.13. The standard InChI is InChI=1S/C11H17NOS2/c1-12-9-5-2-3-6-10(9)15(13)11-7-4-8-14-11/h4,7-10,12H,2-3,5-6H2,1H3. The van der Waals surface area contributed by atoms with Gasteiger partial charge in [0.15, 0.2) is 0 Å². The van der Waals surface area contributed by atoms with E-state index in [4.69, 9.17) is 0 Å². The summed E-state index contributed by atoms with van der Waals surface area (Å²) in [6.07, 6.45) is 4.75. The van der Waals surface area contributed by atoms with E-state index in [0.29, 0.717) is 11.3 Å². The fourth-order valence-corrected chi connectivity index (χ4v) is 5.04. The summed E-state index contributed by atoms with van der Waals surface area (Å²) in [6.45, 7) is 0. The van der Waals surface area contributed by atoms with Crippen molar-refractivity contribution in [2.45, 2.75) is 41.2 Å². The maximum Gasteiger partial charge on any atom is 0.0914 e. The number of rotatable bonds is 3. The molecule has 2 rings (SSSR count). The summed E-state index contributed by atoms with van der Waals surface area (Å²) in [5, 5.41) is 5.62. The van der Waals surface area contributed by atoms with E-state index in [1.165, 1.54) is 12.8 Å². The molecule has 1 aliphatic rings. The third kappa shape index (κ3) is 2.49. The first-order chi connectivity index (χ1) is 7.33. The largest absolute Gasteiger partial charge is 0.316 e. The van der Waals surface area contributed by atoms with E-state index in [9.17, 15) is 4.21 Å². The molecule has 0 amide bonds. The van der Waals surface area contributed by atoms with Crippen molar-refractivity contribution in [2.24, 2.45) is 0 Å². The van der Waals surface area contributed by atoms with Crippen molar-refractivity contribution >= 4 is 22.1 Å². The second kappa shape index (κ2) is 5.23. The van der Waals surface area contributed by atoms with Crippen LogP contribution in [0.15, 0.2) is 21.7 Å². The monoisotopic (exact) mass is 243 g/mol. The molecule has 1 N–H and O–H groups in total. The van der Waals surface area contributed by atoms with Crippen LogP contribution in [0.3, 0.4) is 0 Å². The number of hydrogen-bond donors (Lipinski definition) is 1. The maximum atomic E-state index is 12.3. The van der Waals surface area contributed by atoms with Gasteiger partial charge in [-0.2, -0.15) is 0 Å². The first-order valence-corrected chi connectivity index (χ1v) is 7.53. The molecule has 1 fully saturated rings. The molecule has 1 saturated carbocycles. The zero-order chi connectivity index (χ0) is 10.7. The highest BCUT2D eigenvalue weighted by atomic mass is 32.2. The molecule has 1 aliphatic carbocycles. The Bertz CT molecular complexity index is 323. The molecular weight excluding hydrogens is 226 g/mol. The highest BCUT2D eigenvalue weighted by Crippen LogP contribution is 2.28. The van der Waals surface area contributed by atoms with Gasteiger partial charge in [-0.1, -0.05) is 18.9 Å². The Balaban J connectivity index is 2.11. The molecule has 0 aliphatic heterocycles. The molecule has 1 aromatic rings. The van der Waals surface area contributed by atoms with Gasteiger partial charge in [0.05, 0.1) is 20.3 Å². The van der Waals surface area contributed by atoms with Crippen molar-refractivity contribution in [3.8, 4) is 0 Å². The molecule has 0 saturated heterocycles. The van der Waals surface area contributed by atoms with Gasteiger partial charge in [-0.05, 0) is 31.3 Å². The van der Waals surface area contributed by atoms with Crippen LogP contribution in [0.5, 0.6) is 0 Å². The Morgan fingerprint density at radius 2 is 2.27 bits per heavy atom. The van der Waals surface area contributed by atoms with Crippen LogP contribution in [0.1, 0.15) is 25.7 Å². The van der Waals surface area contributed by atoms with E-state index < -0.39 is 10.8 Å². The first-order valence-electron chi connectivity index (χ1n) is 5.44. The molecule has 1 aromatic heterocycles. The van der Waals surface area contributed by atoms with E-state index in [-0.39, 0.29) is 0 Å². The zero-order valence-electron chi connectivity index (χ0n) is 8.94. The molecule has 0 bridgehead atoms. The van der Waals surface area contributed by atoms with Crippen molar-refractivity contribution in [1.82, 2.24) is 5.32 Å². The van der Waals surface area contributed by atoms with E-state index in [0.717, 1.165) is 17.1 Å². The summed E-state index contributed by atoms with van der Waals surface area (Å²) in [4.78, 5) is 0. The lowest BCUT2D eigenvalue weighted by atomic mass is 9.95. The molecule has 0 spiro atoms. The summed E-state index contributed by atoms with van der Waals surface area (Å²) >= 11 is 1.61. The fourth-order valence-electron chi connectivity index (χ4n) is 2.21. The summed E-state index contributed by atoms with van der Waals surface area (Å²) in [5.41, 5.74) is 0. The topological polar surface area (TPSA) is 29.1 Å². The van der Waals surface area contributed by atoms with E-state index in [1.807, 2.05) is 24.6 Å². The normalized spacial score (nSPS) is 28.9. The minimum atomic E-state index is -0.813. The number of nitrogens with one attached hydrogen (secondary N) is 1. The van der Waals surface area contributed by atoms with Crippen LogP contribution in [-0.4, -0.2) is 22.5 Å². The van der Waals surface area contributed by atoms with Crippen molar-refractivity contribution in [2.75, 3.05) is 7.05 Å². The zero-order valence-corrected chi connectivity index (χ0v) is 10.6. The second-order valence-corrected chi connectivity index (χ2v) is 6.79. The predicted octanol–water partition coefficient (Wildman–Crippen LogP) is 2.39. The smallest absolute Gasteiger partial charge is 0.0914 e. The van der Waals surface area contributed by atoms with Gasteiger partial charge in [-0.15, -0.1) is 11.3 Å². The van der Waals surface area contributed by atoms with Crippen molar-refractivity contribution < 1.29 is 4.21 Å². The minimum Gasteiger partial charge on any atom is -0.316 e. The molecule has 3 atom stereocenters. The summed E-state index contributed by atoms with van der Waals surface area (Å²) < 4.78 is 13.3. The average molecular weight is 243 g/mol. The highest BCUT2D eigenvalue weighted by molar-refractivity contribution is 7.88. The number of thiophene rings is 1. The van der Waals surface area contributed by atoms with Crippen LogP contribution in [-0.2, 0) is 10.8 Å². The molecule has 0 aromatic carbocycles. The van der Waals surface area contributed by atoms with Gasteiger partial charge in [0.1, 0.15) is 0 Å². The molecule has 3 unspecified atom stereocenters.